The number of hydrogen-bond acceptors (Lipinski definition) is 4. The highest BCUT2D eigenvalue weighted by Gasteiger charge is 2.35. The second-order valence-corrected chi connectivity index (χ2v) is 10.7. The summed E-state index contributed by atoms with van der Waals surface area (Å²) in [6.45, 7) is 12.0. The van der Waals surface area contributed by atoms with Gasteiger partial charge < -0.3 is 14.6 Å². The lowest BCUT2D eigenvalue weighted by Crippen LogP contribution is -2.45. The quantitative estimate of drug-likeness (QED) is 0.452. The largest absolute Gasteiger partial charge is 0.598 e. The molecule has 0 amide bonds. The van der Waals surface area contributed by atoms with Gasteiger partial charge in [0.25, 0.3) is 0 Å². The molecule has 1 aromatic carbocycles. The van der Waals surface area contributed by atoms with E-state index in [1.807, 2.05) is 32.9 Å². The fraction of sp³-hybridized carbons (Fsp3) is 0.579. The van der Waals surface area contributed by atoms with E-state index in [9.17, 15) is 4.55 Å². The van der Waals surface area contributed by atoms with Crippen molar-refractivity contribution in [1.82, 2.24) is 10.0 Å². The second-order valence-electron chi connectivity index (χ2n) is 7.47. The summed E-state index contributed by atoms with van der Waals surface area (Å²) in [5.41, 5.74) is 0.949. The summed E-state index contributed by atoms with van der Waals surface area (Å²) in [5.74, 6) is 1.09. The lowest BCUT2D eigenvalue weighted by atomic mass is 9.86. The van der Waals surface area contributed by atoms with E-state index in [0.717, 1.165) is 41.7 Å². The SMILES string of the molecule is C=CCOc1cc(Br)c(Cl)cc1C(N[S+]([O-])C(C)(C)C)C1CCNCC1. The molecule has 0 bridgehead atoms. The molecule has 1 fully saturated rings. The minimum absolute atomic E-state index is 0.0948. The van der Waals surface area contributed by atoms with Crippen LogP contribution in [-0.2, 0) is 11.4 Å². The summed E-state index contributed by atoms with van der Waals surface area (Å²) in [4.78, 5) is 0. The molecule has 146 valence electrons. The molecule has 2 N–H and O–H groups in total. The Bertz CT molecular complexity index is 618. The molecule has 1 aliphatic rings. The van der Waals surface area contributed by atoms with Gasteiger partial charge in [0, 0.05) is 21.4 Å². The van der Waals surface area contributed by atoms with Gasteiger partial charge in [-0.25, -0.2) is 0 Å². The number of rotatable bonds is 7. The minimum atomic E-state index is -1.20. The van der Waals surface area contributed by atoms with Crippen LogP contribution in [0.25, 0.3) is 0 Å². The third kappa shape index (κ3) is 5.88. The summed E-state index contributed by atoms with van der Waals surface area (Å²) < 4.78 is 22.6. The van der Waals surface area contributed by atoms with Crippen LogP contribution in [0.4, 0.5) is 0 Å². The van der Waals surface area contributed by atoms with Gasteiger partial charge in [0.15, 0.2) is 0 Å². The highest BCUT2D eigenvalue weighted by Crippen LogP contribution is 2.40. The van der Waals surface area contributed by atoms with Crippen LogP contribution in [0.1, 0.15) is 45.2 Å². The zero-order valence-electron chi connectivity index (χ0n) is 15.6. The molecule has 1 aromatic rings. The van der Waals surface area contributed by atoms with Gasteiger partial charge in [-0.1, -0.05) is 24.3 Å². The van der Waals surface area contributed by atoms with Gasteiger partial charge in [-0.2, -0.15) is 0 Å². The highest BCUT2D eigenvalue weighted by molar-refractivity contribution is 9.10. The first-order chi connectivity index (χ1) is 12.2. The normalized spacial score (nSPS) is 18.4. The van der Waals surface area contributed by atoms with Crippen LogP contribution in [0.3, 0.4) is 0 Å². The molecule has 2 atom stereocenters. The lowest BCUT2D eigenvalue weighted by Gasteiger charge is -2.35. The van der Waals surface area contributed by atoms with Gasteiger partial charge in [-0.05, 0) is 80.7 Å². The Kier molecular flexibility index (Phi) is 8.32. The Morgan fingerprint density at radius 3 is 2.69 bits per heavy atom. The zero-order valence-corrected chi connectivity index (χ0v) is 18.8. The summed E-state index contributed by atoms with van der Waals surface area (Å²) in [6, 6.07) is 3.71. The maximum Gasteiger partial charge on any atom is 0.136 e. The first-order valence-electron chi connectivity index (χ1n) is 8.85. The average Bonchev–Trinajstić information content (AvgIpc) is 2.60. The van der Waals surface area contributed by atoms with Crippen LogP contribution in [-0.4, -0.2) is 29.0 Å². The molecule has 2 unspecified atom stereocenters. The molecule has 0 saturated carbocycles. The van der Waals surface area contributed by atoms with Crippen LogP contribution in [0.15, 0.2) is 29.3 Å². The number of piperidine rings is 1. The molecular formula is C19H28BrClN2O2S. The number of benzene rings is 1. The number of nitrogens with one attached hydrogen (secondary N) is 2. The van der Waals surface area contributed by atoms with Gasteiger partial charge in [0.2, 0.25) is 0 Å². The van der Waals surface area contributed by atoms with Crippen LogP contribution >= 0.6 is 27.5 Å². The van der Waals surface area contributed by atoms with Gasteiger partial charge in [-0.15, -0.1) is 4.72 Å². The van der Waals surface area contributed by atoms with Gasteiger partial charge >= 0.3 is 0 Å². The predicted octanol–water partition coefficient (Wildman–Crippen LogP) is 4.76. The Balaban J connectivity index is 2.42. The molecule has 1 saturated heterocycles. The van der Waals surface area contributed by atoms with Crippen molar-refractivity contribution in [3.8, 4) is 5.75 Å². The molecular weight excluding hydrogens is 436 g/mol. The fourth-order valence-electron chi connectivity index (χ4n) is 2.94. The van der Waals surface area contributed by atoms with Crippen molar-refractivity contribution in [3.63, 3.8) is 0 Å². The Labute approximate surface area is 173 Å². The average molecular weight is 464 g/mol. The molecule has 26 heavy (non-hydrogen) atoms. The number of hydrogen-bond donors (Lipinski definition) is 2. The Morgan fingerprint density at radius 1 is 1.46 bits per heavy atom. The topological polar surface area (TPSA) is 56.3 Å². The highest BCUT2D eigenvalue weighted by atomic mass is 79.9. The predicted molar refractivity (Wildman–Crippen MR) is 114 cm³/mol. The molecule has 0 radical (unpaired) electrons. The molecule has 0 aliphatic carbocycles. The summed E-state index contributed by atoms with van der Waals surface area (Å²) in [5, 5.41) is 4.01. The van der Waals surface area contributed by atoms with E-state index in [1.54, 1.807) is 6.08 Å². The molecule has 7 heteroatoms. The Hall–Kier alpha value is -0.240. The van der Waals surface area contributed by atoms with E-state index in [1.165, 1.54) is 0 Å². The van der Waals surface area contributed by atoms with Crippen molar-refractivity contribution in [2.75, 3.05) is 19.7 Å². The monoisotopic (exact) mass is 462 g/mol. The van der Waals surface area contributed by atoms with Crippen LogP contribution in [0.5, 0.6) is 5.75 Å². The van der Waals surface area contributed by atoms with Gasteiger partial charge in [-0.3, -0.25) is 0 Å². The lowest BCUT2D eigenvalue weighted by molar-refractivity contribution is 0.292. The first-order valence-corrected chi connectivity index (χ1v) is 11.2. The van der Waals surface area contributed by atoms with Crippen LogP contribution in [0, 0.1) is 5.92 Å². The van der Waals surface area contributed by atoms with E-state index in [2.05, 4.69) is 32.5 Å². The summed E-state index contributed by atoms with van der Waals surface area (Å²) in [6.07, 6.45) is 3.73. The molecule has 0 spiro atoms. The van der Waals surface area contributed by atoms with Crippen LogP contribution < -0.4 is 14.8 Å². The van der Waals surface area contributed by atoms with Crippen molar-refractivity contribution in [1.29, 1.82) is 0 Å². The maximum absolute atomic E-state index is 12.9. The molecule has 4 nitrogen and oxygen atoms in total. The van der Waals surface area contributed by atoms with Gasteiger partial charge in [0.1, 0.15) is 17.1 Å². The molecule has 1 aliphatic heterocycles. The maximum atomic E-state index is 12.9. The van der Waals surface area contributed by atoms with Crippen molar-refractivity contribution < 1.29 is 9.29 Å². The third-order valence-electron chi connectivity index (χ3n) is 4.39. The van der Waals surface area contributed by atoms with E-state index >= 15 is 0 Å². The molecule has 0 aromatic heterocycles. The van der Waals surface area contributed by atoms with E-state index in [4.69, 9.17) is 16.3 Å². The van der Waals surface area contributed by atoms with Crippen molar-refractivity contribution in [2.24, 2.45) is 5.92 Å². The fourth-order valence-corrected chi connectivity index (χ4v) is 4.34. The van der Waals surface area contributed by atoms with Gasteiger partial charge in [0.05, 0.1) is 11.1 Å². The summed E-state index contributed by atoms with van der Waals surface area (Å²) >= 11 is 8.67. The van der Waals surface area contributed by atoms with Crippen molar-refractivity contribution >= 4 is 38.9 Å². The van der Waals surface area contributed by atoms with Crippen LogP contribution in [0.2, 0.25) is 5.02 Å². The smallest absolute Gasteiger partial charge is 0.136 e. The molecule has 1 heterocycles. The Morgan fingerprint density at radius 2 is 2.12 bits per heavy atom. The zero-order chi connectivity index (χ0) is 19.3. The van der Waals surface area contributed by atoms with E-state index < -0.39 is 11.4 Å². The number of halogens is 2. The van der Waals surface area contributed by atoms with Crippen molar-refractivity contribution in [3.05, 3.63) is 39.8 Å². The van der Waals surface area contributed by atoms with Crippen molar-refractivity contribution in [2.45, 2.75) is 44.4 Å². The minimum Gasteiger partial charge on any atom is -0.598 e. The third-order valence-corrected chi connectivity index (χ3v) is 7.17. The second kappa shape index (κ2) is 9.80. The van der Waals surface area contributed by atoms with E-state index in [-0.39, 0.29) is 10.8 Å². The number of ether oxygens (including phenoxy) is 1. The molecule has 2 rings (SSSR count). The first kappa shape index (κ1) is 22.1. The standard InChI is InChI=1S/C19H28BrClN2O2S/c1-5-10-25-17-12-15(20)16(21)11-14(17)18(13-6-8-22-9-7-13)23-26(24)19(2,3)4/h5,11-13,18,22-23H,1,6-10H2,2-4H3. The summed E-state index contributed by atoms with van der Waals surface area (Å²) in [7, 11) is 0. The van der Waals surface area contributed by atoms with E-state index in [0.29, 0.717) is 17.5 Å².